The number of rotatable bonds is 7. The highest BCUT2D eigenvalue weighted by Crippen LogP contribution is 2.25. The topological polar surface area (TPSA) is 105 Å². The van der Waals surface area contributed by atoms with Gasteiger partial charge in [0.25, 0.3) is 11.8 Å². The molecule has 2 aliphatic rings. The van der Waals surface area contributed by atoms with Gasteiger partial charge in [-0.1, -0.05) is 33.6 Å². The van der Waals surface area contributed by atoms with Gasteiger partial charge in [-0.3, -0.25) is 19.3 Å². The summed E-state index contributed by atoms with van der Waals surface area (Å²) in [6.45, 7) is 6.72. The summed E-state index contributed by atoms with van der Waals surface area (Å²) in [5, 5.41) is 5.60. The van der Waals surface area contributed by atoms with Crippen molar-refractivity contribution in [3.63, 3.8) is 0 Å². The smallest absolute Gasteiger partial charge is 0.327 e. The molecule has 152 valence electrons. The maximum absolute atomic E-state index is 12.5. The van der Waals surface area contributed by atoms with Gasteiger partial charge in [0.1, 0.15) is 12.1 Å². The van der Waals surface area contributed by atoms with Crippen molar-refractivity contribution >= 4 is 23.8 Å². The third-order valence-corrected chi connectivity index (χ3v) is 5.86. The van der Waals surface area contributed by atoms with Crippen LogP contribution < -0.4 is 10.6 Å². The fraction of sp³-hybridized carbons (Fsp3) is 0.789. The summed E-state index contributed by atoms with van der Waals surface area (Å²) in [7, 11) is 0. The molecule has 1 heterocycles. The van der Waals surface area contributed by atoms with Crippen LogP contribution in [0, 0.1) is 5.92 Å². The Balaban J connectivity index is 1.88. The van der Waals surface area contributed by atoms with Crippen LogP contribution in [0.3, 0.4) is 0 Å². The van der Waals surface area contributed by atoms with Gasteiger partial charge < -0.3 is 15.4 Å². The summed E-state index contributed by atoms with van der Waals surface area (Å²) in [5.41, 5.74) is -0.961. The molecule has 27 heavy (non-hydrogen) atoms. The van der Waals surface area contributed by atoms with Crippen LogP contribution in [0.2, 0.25) is 0 Å². The normalized spacial score (nSPS) is 25.7. The van der Waals surface area contributed by atoms with Crippen LogP contribution in [0.25, 0.3) is 0 Å². The first-order chi connectivity index (χ1) is 12.7. The number of nitrogens with zero attached hydrogens (tertiary/aromatic N) is 1. The zero-order valence-electron chi connectivity index (χ0n) is 16.7. The molecular formula is C19H31N3O5. The number of amides is 4. The van der Waals surface area contributed by atoms with E-state index in [4.69, 9.17) is 4.74 Å². The van der Waals surface area contributed by atoms with E-state index in [0.717, 1.165) is 24.2 Å². The van der Waals surface area contributed by atoms with Crippen LogP contribution >= 0.6 is 0 Å². The minimum atomic E-state index is -0.977. The molecule has 4 amide bonds. The molecule has 0 radical (unpaired) electrons. The number of urea groups is 1. The third kappa shape index (κ3) is 4.59. The van der Waals surface area contributed by atoms with E-state index in [1.807, 2.05) is 13.8 Å². The lowest BCUT2D eigenvalue weighted by Gasteiger charge is -2.30. The Morgan fingerprint density at radius 3 is 2.44 bits per heavy atom. The molecule has 1 aliphatic carbocycles. The highest BCUT2D eigenvalue weighted by molar-refractivity contribution is 6.08. The van der Waals surface area contributed by atoms with E-state index >= 15 is 0 Å². The van der Waals surface area contributed by atoms with Crippen LogP contribution in [-0.2, 0) is 19.1 Å². The molecule has 2 N–H and O–H groups in total. The van der Waals surface area contributed by atoms with E-state index in [9.17, 15) is 19.2 Å². The van der Waals surface area contributed by atoms with E-state index < -0.39 is 36.1 Å². The molecule has 8 heteroatoms. The lowest BCUT2D eigenvalue weighted by Crippen LogP contribution is -2.47. The van der Waals surface area contributed by atoms with Crippen molar-refractivity contribution in [2.45, 2.75) is 83.9 Å². The van der Waals surface area contributed by atoms with Crippen LogP contribution in [0.5, 0.6) is 0 Å². The van der Waals surface area contributed by atoms with Crippen LogP contribution in [0.1, 0.15) is 66.2 Å². The van der Waals surface area contributed by atoms with Gasteiger partial charge in [0, 0.05) is 6.04 Å². The Labute approximate surface area is 160 Å². The molecule has 8 nitrogen and oxygen atoms in total. The second kappa shape index (κ2) is 8.71. The Kier molecular flexibility index (Phi) is 6.84. The molecule has 0 aromatic heterocycles. The number of carbonyl (C=O) groups is 4. The lowest BCUT2D eigenvalue weighted by atomic mass is 9.86. The second-order valence-electron chi connectivity index (χ2n) is 7.62. The molecule has 0 bridgehead atoms. The monoisotopic (exact) mass is 381 g/mol. The molecule has 0 aromatic carbocycles. The third-order valence-electron chi connectivity index (χ3n) is 5.86. The predicted molar refractivity (Wildman–Crippen MR) is 98.7 cm³/mol. The van der Waals surface area contributed by atoms with Crippen LogP contribution in [0.15, 0.2) is 0 Å². The molecule has 3 atom stereocenters. The minimum Gasteiger partial charge on any atom is -0.451 e. The van der Waals surface area contributed by atoms with E-state index in [-0.39, 0.29) is 11.9 Å². The van der Waals surface area contributed by atoms with Gasteiger partial charge in [0.15, 0.2) is 6.10 Å². The molecule has 1 aliphatic heterocycles. The average molecular weight is 381 g/mol. The molecule has 2 rings (SSSR count). The maximum atomic E-state index is 12.5. The number of nitrogens with one attached hydrogen (secondary N) is 2. The zero-order chi connectivity index (χ0) is 20.2. The molecular weight excluding hydrogens is 350 g/mol. The number of imide groups is 1. The fourth-order valence-corrected chi connectivity index (χ4v) is 3.80. The molecule has 0 spiro atoms. The largest absolute Gasteiger partial charge is 0.451 e. The fourth-order valence-electron chi connectivity index (χ4n) is 3.80. The number of hydrogen-bond donors (Lipinski definition) is 2. The van der Waals surface area contributed by atoms with Gasteiger partial charge >= 0.3 is 12.0 Å². The van der Waals surface area contributed by atoms with Gasteiger partial charge in [-0.2, -0.15) is 0 Å². The van der Waals surface area contributed by atoms with Gasteiger partial charge in [0.05, 0.1) is 0 Å². The molecule has 1 saturated carbocycles. The van der Waals surface area contributed by atoms with Gasteiger partial charge in [-0.25, -0.2) is 4.79 Å². The standard InChI is InChI=1S/C19H31N3O5/c1-5-19(6-2)17(25)22(18(26)21-19)11-15(23)27-13(4)16(24)20-14-10-8-7-9-12(14)3/h12-14H,5-11H2,1-4H3,(H,20,24)(H,21,26)/t12-,13+,14+/m0/s1. The number of esters is 1. The Morgan fingerprint density at radius 1 is 1.26 bits per heavy atom. The van der Waals surface area contributed by atoms with Gasteiger partial charge in [-0.05, 0) is 38.5 Å². The van der Waals surface area contributed by atoms with Crippen molar-refractivity contribution in [3.05, 3.63) is 0 Å². The summed E-state index contributed by atoms with van der Waals surface area (Å²) in [6, 6.07) is -0.512. The summed E-state index contributed by atoms with van der Waals surface area (Å²) in [4.78, 5) is 49.9. The maximum Gasteiger partial charge on any atom is 0.327 e. The van der Waals surface area contributed by atoms with E-state index in [1.54, 1.807) is 0 Å². The van der Waals surface area contributed by atoms with Gasteiger partial charge in [-0.15, -0.1) is 0 Å². The van der Waals surface area contributed by atoms with E-state index in [2.05, 4.69) is 17.6 Å². The first-order valence-corrected chi connectivity index (χ1v) is 9.88. The molecule has 2 fully saturated rings. The summed E-state index contributed by atoms with van der Waals surface area (Å²) >= 11 is 0. The Morgan fingerprint density at radius 2 is 1.89 bits per heavy atom. The molecule has 0 unspecified atom stereocenters. The van der Waals surface area contributed by atoms with Crippen molar-refractivity contribution in [3.8, 4) is 0 Å². The highest BCUT2D eigenvalue weighted by Gasteiger charge is 2.49. The molecule has 0 aromatic rings. The highest BCUT2D eigenvalue weighted by atomic mass is 16.5. The van der Waals surface area contributed by atoms with Gasteiger partial charge in [0.2, 0.25) is 0 Å². The minimum absolute atomic E-state index is 0.0908. The van der Waals surface area contributed by atoms with Crippen LogP contribution in [0.4, 0.5) is 4.79 Å². The number of carbonyl (C=O) groups excluding carboxylic acids is 4. The second-order valence-corrected chi connectivity index (χ2v) is 7.62. The SMILES string of the molecule is CCC1(CC)NC(=O)N(CC(=O)O[C@H](C)C(=O)N[C@@H]2CCCC[C@@H]2C)C1=O. The first-order valence-electron chi connectivity index (χ1n) is 9.88. The summed E-state index contributed by atoms with van der Waals surface area (Å²) in [6.07, 6.45) is 4.15. The first kappa shape index (κ1) is 21.2. The predicted octanol–water partition coefficient (Wildman–Crippen LogP) is 1.72. The zero-order valence-corrected chi connectivity index (χ0v) is 16.7. The lowest BCUT2D eigenvalue weighted by molar-refractivity contribution is -0.157. The van der Waals surface area contributed by atoms with Crippen molar-refractivity contribution in [1.29, 1.82) is 0 Å². The van der Waals surface area contributed by atoms with Crippen molar-refractivity contribution in [2.24, 2.45) is 5.92 Å². The number of ether oxygens (including phenoxy) is 1. The Hall–Kier alpha value is -2.12. The summed E-state index contributed by atoms with van der Waals surface area (Å²) < 4.78 is 5.16. The summed E-state index contributed by atoms with van der Waals surface area (Å²) in [5.74, 6) is -1.16. The number of hydrogen-bond acceptors (Lipinski definition) is 5. The van der Waals surface area contributed by atoms with E-state index in [1.165, 1.54) is 13.3 Å². The quantitative estimate of drug-likeness (QED) is 0.516. The Bertz CT molecular complexity index is 602. The van der Waals surface area contributed by atoms with Crippen molar-refractivity contribution in [1.82, 2.24) is 15.5 Å². The molecule has 1 saturated heterocycles. The van der Waals surface area contributed by atoms with Crippen LogP contribution in [-0.4, -0.2) is 52.9 Å². The van der Waals surface area contributed by atoms with Crippen molar-refractivity contribution < 1.29 is 23.9 Å². The average Bonchev–Trinajstić information content (AvgIpc) is 2.88. The van der Waals surface area contributed by atoms with Crippen molar-refractivity contribution in [2.75, 3.05) is 6.54 Å². The van der Waals surface area contributed by atoms with E-state index in [0.29, 0.717) is 18.8 Å².